The van der Waals surface area contributed by atoms with Crippen molar-refractivity contribution in [3.8, 4) is 5.75 Å². The lowest BCUT2D eigenvalue weighted by Crippen LogP contribution is -2.15. The van der Waals surface area contributed by atoms with Gasteiger partial charge >= 0.3 is 5.97 Å². The Morgan fingerprint density at radius 3 is 2.56 bits per heavy atom. The summed E-state index contributed by atoms with van der Waals surface area (Å²) >= 11 is 13.2. The molecular weight excluding hydrogens is 475 g/mol. The molecule has 0 aliphatic heterocycles. The molecule has 0 fully saturated rings. The van der Waals surface area contributed by atoms with Crippen LogP contribution in [-0.2, 0) is 23.2 Å². The largest absolute Gasteiger partial charge is 0.484 e. The Morgan fingerprint density at radius 2 is 1.88 bits per heavy atom. The number of aromatic nitrogens is 3. The van der Waals surface area contributed by atoms with Crippen LogP contribution in [0.3, 0.4) is 0 Å². The second-order valence-electron chi connectivity index (χ2n) is 6.46. The summed E-state index contributed by atoms with van der Waals surface area (Å²) in [5.74, 6) is 0.583. The van der Waals surface area contributed by atoms with Crippen molar-refractivity contribution in [1.29, 1.82) is 0 Å². The third-order valence-electron chi connectivity index (χ3n) is 4.19. The molecule has 1 aromatic heterocycles. The Hall–Kier alpha value is -2.75. The van der Waals surface area contributed by atoms with Crippen LogP contribution < -0.4 is 10.1 Å². The van der Waals surface area contributed by atoms with Crippen molar-refractivity contribution in [2.75, 3.05) is 17.7 Å². The number of carbonyl (C=O) groups excluding carboxylic acids is 2. The molecule has 0 unspecified atom stereocenters. The number of amides is 1. The zero-order valence-corrected chi connectivity index (χ0v) is 19.6. The summed E-state index contributed by atoms with van der Waals surface area (Å²) in [5, 5.41) is 12.5. The third-order valence-corrected chi connectivity index (χ3v) is 5.74. The normalized spacial score (nSPS) is 10.6. The topological polar surface area (TPSA) is 95.3 Å². The number of thioether (sulfide) groups is 1. The molecule has 11 heteroatoms. The van der Waals surface area contributed by atoms with E-state index < -0.39 is 5.97 Å². The highest BCUT2D eigenvalue weighted by atomic mass is 35.5. The van der Waals surface area contributed by atoms with Gasteiger partial charge in [-0.15, -0.1) is 10.2 Å². The van der Waals surface area contributed by atoms with Crippen molar-refractivity contribution >= 4 is 52.5 Å². The molecule has 8 nitrogen and oxygen atoms in total. The highest BCUT2D eigenvalue weighted by molar-refractivity contribution is 7.99. The molecule has 1 heterocycles. The van der Waals surface area contributed by atoms with Crippen molar-refractivity contribution in [2.24, 2.45) is 7.05 Å². The average Bonchev–Trinajstić information content (AvgIpc) is 3.12. The van der Waals surface area contributed by atoms with E-state index in [1.807, 2.05) is 0 Å². The van der Waals surface area contributed by atoms with Gasteiger partial charge in [0.05, 0.1) is 22.9 Å². The third kappa shape index (κ3) is 6.38. The first-order chi connectivity index (χ1) is 15.4. The van der Waals surface area contributed by atoms with E-state index in [4.69, 9.17) is 32.7 Å². The first-order valence-electron chi connectivity index (χ1n) is 9.53. The van der Waals surface area contributed by atoms with Crippen molar-refractivity contribution in [3.63, 3.8) is 0 Å². The van der Waals surface area contributed by atoms with Gasteiger partial charge in [-0.05, 0) is 49.4 Å². The van der Waals surface area contributed by atoms with Gasteiger partial charge in [0.1, 0.15) is 12.4 Å². The maximum absolute atomic E-state index is 12.3. The van der Waals surface area contributed by atoms with Crippen LogP contribution >= 0.6 is 35.0 Å². The zero-order valence-electron chi connectivity index (χ0n) is 17.3. The standard InChI is InChI=1S/C21H20Cl2N4O4S/c1-3-30-20(29)13-4-7-15(8-5-13)24-19(28)12-32-21-26-25-18(27(21)2)11-31-17-9-6-14(22)10-16(17)23/h4-10H,3,11-12H2,1-2H3,(H,24,28). The molecule has 168 valence electrons. The number of anilines is 1. The number of halogens is 2. The molecule has 3 aromatic rings. The van der Waals surface area contributed by atoms with Gasteiger partial charge in [-0.25, -0.2) is 4.79 Å². The molecule has 0 bridgehead atoms. The Balaban J connectivity index is 1.51. The molecule has 1 amide bonds. The van der Waals surface area contributed by atoms with E-state index in [2.05, 4.69) is 15.5 Å². The number of ether oxygens (including phenoxy) is 2. The van der Waals surface area contributed by atoms with Gasteiger partial charge < -0.3 is 19.4 Å². The van der Waals surface area contributed by atoms with Gasteiger partial charge in [-0.3, -0.25) is 4.79 Å². The summed E-state index contributed by atoms with van der Waals surface area (Å²) in [6.07, 6.45) is 0. The molecule has 1 N–H and O–H groups in total. The van der Waals surface area contributed by atoms with E-state index in [1.54, 1.807) is 61.0 Å². The number of esters is 1. The van der Waals surface area contributed by atoms with E-state index in [9.17, 15) is 9.59 Å². The van der Waals surface area contributed by atoms with Crippen molar-refractivity contribution in [2.45, 2.75) is 18.7 Å². The smallest absolute Gasteiger partial charge is 0.338 e. The van der Waals surface area contributed by atoms with Crippen molar-refractivity contribution in [3.05, 3.63) is 63.9 Å². The fourth-order valence-electron chi connectivity index (χ4n) is 2.56. The van der Waals surface area contributed by atoms with Gasteiger partial charge in [0.15, 0.2) is 11.0 Å². The molecule has 0 aliphatic carbocycles. The van der Waals surface area contributed by atoms with Crippen LogP contribution in [0.5, 0.6) is 5.75 Å². The number of nitrogens with zero attached hydrogens (tertiary/aromatic N) is 3. The van der Waals surface area contributed by atoms with Crippen molar-refractivity contribution in [1.82, 2.24) is 14.8 Å². The lowest BCUT2D eigenvalue weighted by atomic mass is 10.2. The number of nitrogens with one attached hydrogen (secondary N) is 1. The minimum Gasteiger partial charge on any atom is -0.484 e. The molecule has 0 saturated heterocycles. The van der Waals surface area contributed by atoms with E-state index in [0.717, 1.165) is 0 Å². The minimum absolute atomic E-state index is 0.134. The lowest BCUT2D eigenvalue weighted by Gasteiger charge is -2.08. The predicted octanol–water partition coefficient (Wildman–Crippen LogP) is 4.61. The number of hydrogen-bond donors (Lipinski definition) is 1. The summed E-state index contributed by atoms with van der Waals surface area (Å²) < 4.78 is 12.4. The number of hydrogen-bond acceptors (Lipinski definition) is 7. The fraction of sp³-hybridized carbons (Fsp3) is 0.238. The second-order valence-corrected chi connectivity index (χ2v) is 8.24. The van der Waals surface area contributed by atoms with Crippen LogP contribution in [-0.4, -0.2) is 39.0 Å². The molecule has 0 saturated carbocycles. The molecule has 3 rings (SSSR count). The molecule has 32 heavy (non-hydrogen) atoms. The Bertz CT molecular complexity index is 1110. The summed E-state index contributed by atoms with van der Waals surface area (Å²) in [7, 11) is 1.79. The zero-order chi connectivity index (χ0) is 23.1. The number of benzene rings is 2. The maximum atomic E-state index is 12.3. The Labute approximate surface area is 199 Å². The van der Waals surface area contributed by atoms with Gasteiger partial charge in [0.2, 0.25) is 5.91 Å². The summed E-state index contributed by atoms with van der Waals surface area (Å²) in [4.78, 5) is 23.9. The van der Waals surface area contributed by atoms with Crippen LogP contribution in [0.2, 0.25) is 10.0 Å². The molecular formula is C21H20Cl2N4O4S. The number of rotatable bonds is 9. The first-order valence-corrected chi connectivity index (χ1v) is 11.3. The summed E-state index contributed by atoms with van der Waals surface area (Å²) in [5.41, 5.74) is 1.00. The average molecular weight is 495 g/mol. The van der Waals surface area contributed by atoms with E-state index in [-0.39, 0.29) is 18.3 Å². The highest BCUT2D eigenvalue weighted by Crippen LogP contribution is 2.28. The summed E-state index contributed by atoms with van der Waals surface area (Å²) in [6.45, 7) is 2.20. The monoisotopic (exact) mass is 494 g/mol. The van der Waals surface area contributed by atoms with E-state index >= 15 is 0 Å². The maximum Gasteiger partial charge on any atom is 0.338 e. The highest BCUT2D eigenvalue weighted by Gasteiger charge is 2.13. The van der Waals surface area contributed by atoms with Gasteiger partial charge in [-0.1, -0.05) is 35.0 Å². The second kappa shape index (κ2) is 11.2. The lowest BCUT2D eigenvalue weighted by molar-refractivity contribution is -0.113. The van der Waals surface area contributed by atoms with Crippen LogP contribution in [0.25, 0.3) is 0 Å². The van der Waals surface area contributed by atoms with Gasteiger partial charge in [0, 0.05) is 17.8 Å². The fourth-order valence-corrected chi connectivity index (χ4v) is 3.76. The molecule has 0 aliphatic rings. The first kappa shape index (κ1) is 23.9. The quantitative estimate of drug-likeness (QED) is 0.342. The van der Waals surface area contributed by atoms with Crippen LogP contribution in [0, 0.1) is 0 Å². The van der Waals surface area contributed by atoms with E-state index in [1.165, 1.54) is 11.8 Å². The molecule has 0 radical (unpaired) electrons. The predicted molar refractivity (Wildman–Crippen MR) is 124 cm³/mol. The minimum atomic E-state index is -0.402. The number of carbonyl (C=O) groups is 2. The molecule has 2 aromatic carbocycles. The SMILES string of the molecule is CCOC(=O)c1ccc(NC(=O)CSc2nnc(COc3ccc(Cl)cc3Cl)n2C)cc1. The van der Waals surface area contributed by atoms with Gasteiger partial charge in [0.25, 0.3) is 0 Å². The molecule has 0 spiro atoms. The summed E-state index contributed by atoms with van der Waals surface area (Å²) in [6, 6.07) is 11.5. The Kier molecular flexibility index (Phi) is 8.38. The molecule has 0 atom stereocenters. The van der Waals surface area contributed by atoms with Gasteiger partial charge in [-0.2, -0.15) is 0 Å². The van der Waals surface area contributed by atoms with Crippen LogP contribution in [0.4, 0.5) is 5.69 Å². The Morgan fingerprint density at radius 1 is 1.12 bits per heavy atom. The van der Waals surface area contributed by atoms with E-state index in [0.29, 0.717) is 44.6 Å². The van der Waals surface area contributed by atoms with Crippen molar-refractivity contribution < 1.29 is 19.1 Å². The van der Waals surface area contributed by atoms with Crippen LogP contribution in [0.1, 0.15) is 23.1 Å². The van der Waals surface area contributed by atoms with Crippen LogP contribution in [0.15, 0.2) is 47.6 Å².